The lowest BCUT2D eigenvalue weighted by atomic mass is 10.0. The molecule has 0 aliphatic carbocycles. The van der Waals surface area contributed by atoms with E-state index in [1.165, 1.54) is 96.4 Å². The SMILES string of the molecule is CCCCCCCCCCCCCCCC[N+](C)(C)CCO.[I-]. The third-order valence-electron chi connectivity index (χ3n) is 4.82. The molecule has 0 saturated heterocycles. The monoisotopic (exact) mass is 441 g/mol. The molecule has 0 aromatic rings. The van der Waals surface area contributed by atoms with Crippen molar-refractivity contribution in [1.82, 2.24) is 0 Å². The van der Waals surface area contributed by atoms with Crippen molar-refractivity contribution >= 4 is 0 Å². The molecule has 0 saturated carbocycles. The molecular weight excluding hydrogens is 397 g/mol. The van der Waals surface area contributed by atoms with Crippen molar-refractivity contribution in [2.24, 2.45) is 0 Å². The predicted octanol–water partition coefficient (Wildman–Crippen LogP) is 2.54. The Bertz CT molecular complexity index is 222. The van der Waals surface area contributed by atoms with Crippen molar-refractivity contribution in [2.75, 3.05) is 33.8 Å². The summed E-state index contributed by atoms with van der Waals surface area (Å²) >= 11 is 0. The van der Waals surface area contributed by atoms with Gasteiger partial charge in [-0.05, 0) is 12.8 Å². The van der Waals surface area contributed by atoms with Crippen molar-refractivity contribution in [1.29, 1.82) is 0 Å². The van der Waals surface area contributed by atoms with Crippen molar-refractivity contribution in [2.45, 2.75) is 96.8 Å². The molecule has 0 spiro atoms. The highest BCUT2D eigenvalue weighted by Gasteiger charge is 2.12. The molecule has 0 amide bonds. The number of unbranched alkanes of at least 4 members (excludes halogenated alkanes) is 13. The molecule has 0 aromatic heterocycles. The minimum absolute atomic E-state index is 0. The van der Waals surface area contributed by atoms with E-state index in [0.717, 1.165) is 11.0 Å². The third-order valence-corrected chi connectivity index (χ3v) is 4.82. The van der Waals surface area contributed by atoms with Gasteiger partial charge in [0.1, 0.15) is 6.54 Å². The van der Waals surface area contributed by atoms with E-state index in [2.05, 4.69) is 21.0 Å². The fourth-order valence-electron chi connectivity index (χ4n) is 3.12. The minimum Gasteiger partial charge on any atom is -1.00 e. The summed E-state index contributed by atoms with van der Waals surface area (Å²) in [6.45, 7) is 4.69. The maximum atomic E-state index is 9.00. The predicted molar refractivity (Wildman–Crippen MR) is 99.2 cm³/mol. The van der Waals surface area contributed by atoms with E-state index in [4.69, 9.17) is 5.11 Å². The Balaban J connectivity index is 0. The standard InChI is InChI=1S/C20H44NO.HI/c1-4-5-6-7-8-9-10-11-12-13-14-15-16-17-18-21(2,3)19-20-22;/h22H,4-20H2,1-3H3;1H/q+1;/p-1. The zero-order valence-electron chi connectivity index (χ0n) is 16.3. The van der Waals surface area contributed by atoms with Crippen LogP contribution in [0.25, 0.3) is 0 Å². The Labute approximate surface area is 164 Å². The second-order valence-corrected chi connectivity index (χ2v) is 7.70. The number of hydrogen-bond acceptors (Lipinski definition) is 1. The smallest absolute Gasteiger partial charge is 0.102 e. The van der Waals surface area contributed by atoms with Crippen molar-refractivity contribution in [3.05, 3.63) is 0 Å². The van der Waals surface area contributed by atoms with Crippen LogP contribution in [0.3, 0.4) is 0 Å². The van der Waals surface area contributed by atoms with Crippen LogP contribution in [0.5, 0.6) is 0 Å². The molecule has 0 unspecified atom stereocenters. The van der Waals surface area contributed by atoms with Crippen LogP contribution in [0.1, 0.15) is 96.8 Å². The van der Waals surface area contributed by atoms with E-state index < -0.39 is 0 Å². The Morgan fingerprint density at radius 1 is 0.565 bits per heavy atom. The number of aliphatic hydroxyl groups excluding tert-OH is 1. The van der Waals surface area contributed by atoms with E-state index >= 15 is 0 Å². The molecular formula is C20H44INO. The fraction of sp³-hybridized carbons (Fsp3) is 1.00. The van der Waals surface area contributed by atoms with Gasteiger partial charge in [-0.25, -0.2) is 0 Å². The Morgan fingerprint density at radius 3 is 1.26 bits per heavy atom. The van der Waals surface area contributed by atoms with E-state index in [9.17, 15) is 0 Å². The summed E-state index contributed by atoms with van der Waals surface area (Å²) in [4.78, 5) is 0. The first-order chi connectivity index (χ1) is 10.6. The molecule has 0 heterocycles. The first kappa shape index (κ1) is 25.9. The lowest BCUT2D eigenvalue weighted by molar-refractivity contribution is -0.890. The largest absolute Gasteiger partial charge is 1.00 e. The van der Waals surface area contributed by atoms with Gasteiger partial charge in [-0.2, -0.15) is 0 Å². The van der Waals surface area contributed by atoms with Crippen molar-refractivity contribution in [3.63, 3.8) is 0 Å². The molecule has 0 aromatic carbocycles. The minimum atomic E-state index is 0. The van der Waals surface area contributed by atoms with Gasteiger partial charge in [-0.3, -0.25) is 0 Å². The number of quaternary nitrogens is 1. The number of likely N-dealkylation sites (N-methyl/N-ethyl adjacent to an activating group) is 1. The second-order valence-electron chi connectivity index (χ2n) is 7.70. The van der Waals surface area contributed by atoms with Crippen LogP contribution in [0.4, 0.5) is 0 Å². The van der Waals surface area contributed by atoms with Gasteiger partial charge in [0.15, 0.2) is 0 Å². The van der Waals surface area contributed by atoms with E-state index in [1.807, 2.05) is 0 Å². The van der Waals surface area contributed by atoms with E-state index in [0.29, 0.717) is 6.61 Å². The molecule has 0 fully saturated rings. The summed E-state index contributed by atoms with van der Waals surface area (Å²) in [6, 6.07) is 0. The van der Waals surface area contributed by atoms with Crippen LogP contribution in [0.2, 0.25) is 0 Å². The molecule has 1 N–H and O–H groups in total. The summed E-state index contributed by atoms with van der Waals surface area (Å²) < 4.78 is 0.967. The highest BCUT2D eigenvalue weighted by atomic mass is 127. The summed E-state index contributed by atoms with van der Waals surface area (Å²) in [5.41, 5.74) is 0. The number of nitrogens with zero attached hydrogens (tertiary/aromatic N) is 1. The second kappa shape index (κ2) is 19.0. The van der Waals surface area contributed by atoms with Gasteiger partial charge in [0.25, 0.3) is 0 Å². The van der Waals surface area contributed by atoms with Gasteiger partial charge < -0.3 is 33.6 Å². The quantitative estimate of drug-likeness (QED) is 0.209. The molecule has 0 aliphatic rings. The summed E-state index contributed by atoms with van der Waals surface area (Å²) in [7, 11) is 4.44. The lowest BCUT2D eigenvalue weighted by Crippen LogP contribution is -3.00. The molecule has 23 heavy (non-hydrogen) atoms. The first-order valence-corrected chi connectivity index (χ1v) is 10.1. The van der Waals surface area contributed by atoms with Crippen LogP contribution in [0.15, 0.2) is 0 Å². The normalized spacial score (nSPS) is 11.5. The van der Waals surface area contributed by atoms with Crippen molar-refractivity contribution < 1.29 is 33.6 Å². The maximum absolute atomic E-state index is 9.00. The molecule has 0 bridgehead atoms. The summed E-state index contributed by atoms with van der Waals surface area (Å²) in [5, 5.41) is 9.00. The molecule has 0 aliphatic heterocycles. The van der Waals surface area contributed by atoms with Crippen LogP contribution in [-0.4, -0.2) is 43.4 Å². The number of hydrogen-bond donors (Lipinski definition) is 1. The van der Waals surface area contributed by atoms with E-state index in [-0.39, 0.29) is 24.0 Å². The molecule has 142 valence electrons. The fourth-order valence-corrected chi connectivity index (χ4v) is 3.12. The van der Waals surface area contributed by atoms with Crippen molar-refractivity contribution in [3.8, 4) is 0 Å². The highest BCUT2D eigenvalue weighted by molar-refractivity contribution is 4.49. The van der Waals surface area contributed by atoms with Crippen LogP contribution < -0.4 is 24.0 Å². The Kier molecular flexibility index (Phi) is 21.4. The van der Waals surface area contributed by atoms with Gasteiger partial charge in [-0.1, -0.05) is 84.0 Å². The summed E-state index contributed by atoms with van der Waals surface area (Å²) in [6.07, 6.45) is 19.9. The molecule has 3 heteroatoms. The highest BCUT2D eigenvalue weighted by Crippen LogP contribution is 2.13. The molecule has 0 atom stereocenters. The topological polar surface area (TPSA) is 20.2 Å². The molecule has 2 nitrogen and oxygen atoms in total. The summed E-state index contributed by atoms with van der Waals surface area (Å²) in [5.74, 6) is 0. The number of rotatable bonds is 17. The third kappa shape index (κ3) is 20.6. The number of halogens is 1. The van der Waals surface area contributed by atoms with Gasteiger partial charge in [0, 0.05) is 0 Å². The zero-order chi connectivity index (χ0) is 16.5. The Morgan fingerprint density at radius 2 is 0.913 bits per heavy atom. The maximum Gasteiger partial charge on any atom is 0.102 e. The van der Waals surface area contributed by atoms with Crippen LogP contribution >= 0.6 is 0 Å². The number of aliphatic hydroxyl groups is 1. The average Bonchev–Trinajstić information content (AvgIpc) is 2.47. The lowest BCUT2D eigenvalue weighted by Gasteiger charge is -2.28. The zero-order valence-corrected chi connectivity index (χ0v) is 18.5. The van der Waals surface area contributed by atoms with E-state index in [1.54, 1.807) is 0 Å². The van der Waals surface area contributed by atoms with Gasteiger partial charge in [-0.15, -0.1) is 0 Å². The Hall–Kier alpha value is 0.650. The molecule has 0 rings (SSSR count). The average molecular weight is 441 g/mol. The first-order valence-electron chi connectivity index (χ1n) is 10.1. The van der Waals surface area contributed by atoms with Crippen LogP contribution in [-0.2, 0) is 0 Å². The van der Waals surface area contributed by atoms with Crippen LogP contribution in [0, 0.1) is 0 Å². The van der Waals surface area contributed by atoms with Gasteiger partial charge in [0.2, 0.25) is 0 Å². The molecule has 0 radical (unpaired) electrons. The van der Waals surface area contributed by atoms with Gasteiger partial charge >= 0.3 is 0 Å². The van der Waals surface area contributed by atoms with Gasteiger partial charge in [0.05, 0.1) is 27.2 Å².